The van der Waals surface area contributed by atoms with Crippen LogP contribution in [0.25, 0.3) is 0 Å². The topological polar surface area (TPSA) is 38.3 Å². The molecule has 0 aliphatic carbocycles. The fraction of sp³-hybridized carbons (Fsp3) is 0.381. The van der Waals surface area contributed by atoms with E-state index >= 15 is 0 Å². The van der Waals surface area contributed by atoms with Gasteiger partial charge in [0.2, 0.25) is 0 Å². The van der Waals surface area contributed by atoms with E-state index < -0.39 is 6.10 Å². The molecule has 0 aromatic heterocycles. The average Bonchev–Trinajstić information content (AvgIpc) is 2.55. The van der Waals surface area contributed by atoms with Gasteiger partial charge in [-0.1, -0.05) is 64.1 Å². The number of nitrogens with one attached hydrogen (secondary N) is 1. The molecule has 3 nitrogen and oxygen atoms in total. The molecule has 1 unspecified atom stereocenters. The van der Waals surface area contributed by atoms with E-state index in [1.165, 1.54) is 0 Å². The molecule has 0 heterocycles. The van der Waals surface area contributed by atoms with Crippen molar-refractivity contribution in [3.63, 3.8) is 0 Å². The summed E-state index contributed by atoms with van der Waals surface area (Å²) in [6.45, 7) is 10.2. The summed E-state index contributed by atoms with van der Waals surface area (Å²) in [6.07, 6.45) is -0.565. The fourth-order valence-electron chi connectivity index (χ4n) is 2.66. The van der Waals surface area contributed by atoms with Crippen molar-refractivity contribution in [2.75, 3.05) is 5.32 Å². The van der Waals surface area contributed by atoms with Gasteiger partial charge in [-0.2, -0.15) is 0 Å². The predicted molar refractivity (Wildman–Crippen MR) is 99.8 cm³/mol. The Morgan fingerprint density at radius 2 is 1.38 bits per heavy atom. The molecular weight excluding hydrogens is 298 g/mol. The number of carbonyl (C=O) groups is 1. The summed E-state index contributed by atoms with van der Waals surface area (Å²) < 4.78 is 5.93. The number of ether oxygens (including phenoxy) is 1. The van der Waals surface area contributed by atoms with Crippen LogP contribution < -0.4 is 10.1 Å². The maximum atomic E-state index is 12.5. The predicted octanol–water partition coefficient (Wildman–Crippen LogP) is 5.34. The average molecular weight is 325 g/mol. The first-order valence-corrected chi connectivity index (χ1v) is 8.55. The Morgan fingerprint density at radius 3 is 2.00 bits per heavy atom. The molecule has 0 radical (unpaired) electrons. The molecule has 1 N–H and O–H groups in total. The molecule has 1 atom stereocenters. The molecule has 1 amide bonds. The lowest BCUT2D eigenvalue weighted by atomic mass is 10.0. The van der Waals surface area contributed by atoms with Crippen molar-refractivity contribution >= 4 is 11.6 Å². The first-order valence-electron chi connectivity index (χ1n) is 8.55. The molecule has 0 bridgehead atoms. The summed E-state index contributed by atoms with van der Waals surface area (Å²) in [7, 11) is 0. The van der Waals surface area contributed by atoms with Crippen molar-refractivity contribution in [1.82, 2.24) is 0 Å². The van der Waals surface area contributed by atoms with Gasteiger partial charge in [0.05, 0.1) is 0 Å². The molecule has 2 aromatic carbocycles. The number of amides is 1. The van der Waals surface area contributed by atoms with Crippen LogP contribution in [-0.4, -0.2) is 12.0 Å². The van der Waals surface area contributed by atoms with E-state index in [4.69, 9.17) is 4.74 Å². The molecule has 128 valence electrons. The monoisotopic (exact) mass is 325 g/mol. The van der Waals surface area contributed by atoms with Gasteiger partial charge in [0.1, 0.15) is 5.75 Å². The summed E-state index contributed by atoms with van der Waals surface area (Å²) >= 11 is 0. The summed E-state index contributed by atoms with van der Waals surface area (Å²) in [6, 6.07) is 15.8. The molecule has 2 aromatic rings. The van der Waals surface area contributed by atoms with Crippen LogP contribution >= 0.6 is 0 Å². The van der Waals surface area contributed by atoms with Gasteiger partial charge >= 0.3 is 0 Å². The Hall–Kier alpha value is -2.29. The standard InChI is InChI=1S/C21H27NO2/c1-14(2)17-10-6-8-12-19(17)22-21(23)16(5)24-20-13-9-7-11-18(20)15(3)4/h6-16H,1-5H3,(H,22,23). The van der Waals surface area contributed by atoms with Crippen LogP contribution in [0.2, 0.25) is 0 Å². The molecular formula is C21H27NO2. The van der Waals surface area contributed by atoms with Crippen molar-refractivity contribution in [1.29, 1.82) is 0 Å². The Kier molecular flexibility index (Phi) is 6.02. The van der Waals surface area contributed by atoms with E-state index in [-0.39, 0.29) is 5.91 Å². The Morgan fingerprint density at radius 1 is 0.833 bits per heavy atom. The van der Waals surface area contributed by atoms with Gasteiger partial charge in [-0.25, -0.2) is 0 Å². The van der Waals surface area contributed by atoms with E-state index in [2.05, 4.69) is 33.0 Å². The maximum absolute atomic E-state index is 12.5. The summed E-state index contributed by atoms with van der Waals surface area (Å²) in [5.41, 5.74) is 3.09. The van der Waals surface area contributed by atoms with Crippen molar-refractivity contribution in [3.05, 3.63) is 59.7 Å². The SMILES string of the molecule is CC(Oc1ccccc1C(C)C)C(=O)Nc1ccccc1C(C)C. The molecule has 0 aliphatic heterocycles. The maximum Gasteiger partial charge on any atom is 0.265 e. The highest BCUT2D eigenvalue weighted by atomic mass is 16.5. The molecule has 0 saturated carbocycles. The van der Waals surface area contributed by atoms with Crippen LogP contribution in [0.1, 0.15) is 57.6 Å². The normalized spacial score (nSPS) is 12.3. The third-order valence-electron chi connectivity index (χ3n) is 4.05. The van der Waals surface area contributed by atoms with Gasteiger partial charge in [-0.05, 0) is 42.0 Å². The highest BCUT2D eigenvalue weighted by Crippen LogP contribution is 2.27. The highest BCUT2D eigenvalue weighted by Gasteiger charge is 2.18. The molecule has 3 heteroatoms. The minimum Gasteiger partial charge on any atom is -0.481 e. The lowest BCUT2D eigenvalue weighted by Gasteiger charge is -2.20. The van der Waals surface area contributed by atoms with Crippen LogP contribution in [0, 0.1) is 0 Å². The van der Waals surface area contributed by atoms with Gasteiger partial charge in [0, 0.05) is 5.69 Å². The lowest BCUT2D eigenvalue weighted by Crippen LogP contribution is -2.30. The highest BCUT2D eigenvalue weighted by molar-refractivity contribution is 5.94. The van der Waals surface area contributed by atoms with Crippen molar-refractivity contribution in [2.45, 2.75) is 52.6 Å². The Balaban J connectivity index is 2.11. The van der Waals surface area contributed by atoms with Crippen molar-refractivity contribution in [2.24, 2.45) is 0 Å². The summed E-state index contributed by atoms with van der Waals surface area (Å²) in [4.78, 5) is 12.5. The van der Waals surface area contributed by atoms with E-state index in [9.17, 15) is 4.79 Å². The van der Waals surface area contributed by atoms with Gasteiger partial charge < -0.3 is 10.1 Å². The van der Waals surface area contributed by atoms with Crippen LogP contribution in [0.5, 0.6) is 5.75 Å². The molecule has 24 heavy (non-hydrogen) atoms. The van der Waals surface area contributed by atoms with Gasteiger partial charge in [0.15, 0.2) is 6.10 Å². The summed E-state index contributed by atoms with van der Waals surface area (Å²) in [5.74, 6) is 1.33. The molecule has 0 fully saturated rings. The van der Waals surface area contributed by atoms with Gasteiger partial charge in [0.25, 0.3) is 5.91 Å². The minimum absolute atomic E-state index is 0.137. The second kappa shape index (κ2) is 8.00. The van der Waals surface area contributed by atoms with E-state index in [1.54, 1.807) is 6.92 Å². The number of carbonyl (C=O) groups excluding carboxylic acids is 1. The van der Waals surface area contributed by atoms with Gasteiger partial charge in [-0.15, -0.1) is 0 Å². The molecule has 0 aliphatic rings. The molecule has 0 saturated heterocycles. The van der Waals surface area contributed by atoms with Crippen LogP contribution in [0.4, 0.5) is 5.69 Å². The third-order valence-corrected chi connectivity index (χ3v) is 4.05. The van der Waals surface area contributed by atoms with Crippen LogP contribution in [-0.2, 0) is 4.79 Å². The number of hydrogen-bond acceptors (Lipinski definition) is 2. The van der Waals surface area contributed by atoms with Crippen LogP contribution in [0.15, 0.2) is 48.5 Å². The van der Waals surface area contributed by atoms with Crippen LogP contribution in [0.3, 0.4) is 0 Å². The zero-order valence-corrected chi connectivity index (χ0v) is 15.2. The smallest absolute Gasteiger partial charge is 0.265 e. The molecule has 0 spiro atoms. The number of para-hydroxylation sites is 2. The number of rotatable bonds is 6. The van der Waals surface area contributed by atoms with E-state index in [0.717, 1.165) is 22.6 Å². The number of anilines is 1. The summed E-state index contributed by atoms with van der Waals surface area (Å²) in [5, 5.41) is 3.00. The minimum atomic E-state index is -0.565. The lowest BCUT2D eigenvalue weighted by molar-refractivity contribution is -0.122. The van der Waals surface area contributed by atoms with E-state index in [1.807, 2.05) is 48.5 Å². The van der Waals surface area contributed by atoms with Crippen molar-refractivity contribution in [3.8, 4) is 5.75 Å². The van der Waals surface area contributed by atoms with Gasteiger partial charge in [-0.3, -0.25) is 4.79 Å². The van der Waals surface area contributed by atoms with E-state index in [0.29, 0.717) is 11.8 Å². The number of hydrogen-bond donors (Lipinski definition) is 1. The first kappa shape index (κ1) is 18.1. The zero-order valence-electron chi connectivity index (χ0n) is 15.2. The quantitative estimate of drug-likeness (QED) is 0.778. The zero-order chi connectivity index (χ0) is 17.7. The third kappa shape index (κ3) is 4.38. The van der Waals surface area contributed by atoms with Crippen molar-refractivity contribution < 1.29 is 9.53 Å². The fourth-order valence-corrected chi connectivity index (χ4v) is 2.66. The largest absolute Gasteiger partial charge is 0.481 e. The second-order valence-corrected chi connectivity index (χ2v) is 6.68. The second-order valence-electron chi connectivity index (χ2n) is 6.68. The molecule has 2 rings (SSSR count). The number of benzene rings is 2. The Labute approximate surface area is 145 Å². The first-order chi connectivity index (χ1) is 11.4. The Bertz CT molecular complexity index is 692.